The van der Waals surface area contributed by atoms with E-state index < -0.39 is 16.1 Å². The number of hydrogen-bond donors (Lipinski definition) is 2. The van der Waals surface area contributed by atoms with Gasteiger partial charge in [-0.2, -0.15) is 4.31 Å². The largest absolute Gasteiger partial charge is 0.497 e. The fourth-order valence-electron chi connectivity index (χ4n) is 1.96. The van der Waals surface area contributed by atoms with Crippen LogP contribution in [0.2, 0.25) is 0 Å². The van der Waals surface area contributed by atoms with Crippen molar-refractivity contribution in [2.24, 2.45) is 0 Å². The van der Waals surface area contributed by atoms with Crippen LogP contribution in [0.4, 0.5) is 5.69 Å². The molecule has 0 amide bonds. The molecule has 1 aromatic rings. The van der Waals surface area contributed by atoms with Crippen LogP contribution >= 0.6 is 0 Å². The number of nitrogens with zero attached hydrogens (tertiary/aromatic N) is 1. The van der Waals surface area contributed by atoms with Crippen molar-refractivity contribution in [3.63, 3.8) is 0 Å². The second-order valence-electron chi connectivity index (χ2n) is 4.21. The van der Waals surface area contributed by atoms with E-state index in [1.165, 1.54) is 23.5 Å². The first-order chi connectivity index (χ1) is 8.45. The second kappa shape index (κ2) is 4.75. The minimum atomic E-state index is -3.63. The number of benzene rings is 1. The van der Waals surface area contributed by atoms with E-state index in [2.05, 4.69) is 0 Å². The van der Waals surface area contributed by atoms with E-state index in [9.17, 15) is 13.5 Å². The topological polar surface area (TPSA) is 92.9 Å². The summed E-state index contributed by atoms with van der Waals surface area (Å²) in [6.07, 6.45) is -0.144. The summed E-state index contributed by atoms with van der Waals surface area (Å²) in [6, 6.07) is 4.45. The van der Waals surface area contributed by atoms with Gasteiger partial charge in [0.2, 0.25) is 10.0 Å². The van der Waals surface area contributed by atoms with E-state index in [4.69, 9.17) is 10.5 Å². The Kier molecular flexibility index (Phi) is 3.47. The highest BCUT2D eigenvalue weighted by atomic mass is 32.2. The first-order valence-corrected chi connectivity index (χ1v) is 7.01. The lowest BCUT2D eigenvalue weighted by atomic mass is 10.3. The molecule has 0 radical (unpaired) electrons. The SMILES string of the molecule is COc1ccc(S(=O)(=O)N2CCC(O)C2)c(N)c1. The van der Waals surface area contributed by atoms with Crippen molar-refractivity contribution in [3.8, 4) is 5.75 Å². The molecule has 100 valence electrons. The Bertz CT molecular complexity index is 544. The predicted molar refractivity (Wildman–Crippen MR) is 66.8 cm³/mol. The molecular weight excluding hydrogens is 256 g/mol. The molecule has 2 rings (SSSR count). The van der Waals surface area contributed by atoms with Crippen LogP contribution in [-0.4, -0.2) is 44.1 Å². The van der Waals surface area contributed by atoms with Gasteiger partial charge in [0.15, 0.2) is 0 Å². The molecule has 7 heteroatoms. The Balaban J connectivity index is 2.36. The van der Waals surface area contributed by atoms with Crippen LogP contribution in [0.5, 0.6) is 5.75 Å². The lowest BCUT2D eigenvalue weighted by molar-refractivity contribution is 0.189. The summed E-state index contributed by atoms with van der Waals surface area (Å²) >= 11 is 0. The third-order valence-electron chi connectivity index (χ3n) is 2.96. The van der Waals surface area contributed by atoms with Crippen LogP contribution in [0.25, 0.3) is 0 Å². The Morgan fingerprint density at radius 3 is 2.72 bits per heavy atom. The number of rotatable bonds is 3. The van der Waals surface area contributed by atoms with Gasteiger partial charge >= 0.3 is 0 Å². The van der Waals surface area contributed by atoms with Gasteiger partial charge in [0, 0.05) is 19.2 Å². The van der Waals surface area contributed by atoms with Crippen LogP contribution in [0.1, 0.15) is 6.42 Å². The van der Waals surface area contributed by atoms with Crippen molar-refractivity contribution in [1.82, 2.24) is 4.31 Å². The maximum absolute atomic E-state index is 12.3. The third kappa shape index (κ3) is 2.29. The van der Waals surface area contributed by atoms with Crippen LogP contribution in [0.3, 0.4) is 0 Å². The van der Waals surface area contributed by atoms with Gasteiger partial charge in [-0.3, -0.25) is 0 Å². The fourth-order valence-corrected chi connectivity index (χ4v) is 3.55. The number of ether oxygens (including phenoxy) is 1. The molecule has 1 fully saturated rings. The number of nitrogens with two attached hydrogens (primary N) is 1. The van der Waals surface area contributed by atoms with Crippen molar-refractivity contribution in [1.29, 1.82) is 0 Å². The Morgan fingerprint density at radius 1 is 1.50 bits per heavy atom. The van der Waals surface area contributed by atoms with Crippen molar-refractivity contribution >= 4 is 15.7 Å². The first kappa shape index (κ1) is 13.1. The highest BCUT2D eigenvalue weighted by molar-refractivity contribution is 7.89. The molecule has 0 aliphatic carbocycles. The highest BCUT2D eigenvalue weighted by Gasteiger charge is 2.32. The number of aliphatic hydroxyl groups excluding tert-OH is 1. The zero-order valence-corrected chi connectivity index (χ0v) is 10.9. The van der Waals surface area contributed by atoms with Gasteiger partial charge < -0.3 is 15.6 Å². The summed E-state index contributed by atoms with van der Waals surface area (Å²) in [5, 5.41) is 9.40. The molecule has 1 aliphatic heterocycles. The third-order valence-corrected chi connectivity index (χ3v) is 4.90. The van der Waals surface area contributed by atoms with Gasteiger partial charge in [0.05, 0.1) is 18.9 Å². The van der Waals surface area contributed by atoms with Gasteiger partial charge in [-0.25, -0.2) is 8.42 Å². The molecule has 1 aliphatic rings. The van der Waals surface area contributed by atoms with Gasteiger partial charge in [0.1, 0.15) is 10.6 Å². The number of aliphatic hydroxyl groups is 1. The minimum absolute atomic E-state index is 0.0531. The highest BCUT2D eigenvalue weighted by Crippen LogP contribution is 2.28. The summed E-state index contributed by atoms with van der Waals surface area (Å²) in [5.41, 5.74) is 5.89. The second-order valence-corrected chi connectivity index (χ2v) is 6.12. The molecule has 0 saturated carbocycles. The fraction of sp³-hybridized carbons (Fsp3) is 0.455. The summed E-state index contributed by atoms with van der Waals surface area (Å²) in [4.78, 5) is 0.0531. The summed E-state index contributed by atoms with van der Waals surface area (Å²) < 4.78 is 30.8. The van der Waals surface area contributed by atoms with Crippen molar-refractivity contribution < 1.29 is 18.3 Å². The van der Waals surface area contributed by atoms with E-state index in [1.807, 2.05) is 0 Å². The van der Waals surface area contributed by atoms with E-state index in [0.29, 0.717) is 18.7 Å². The number of β-amino-alcohol motifs (C(OH)–C–C–N with tert-alkyl or cyclic N) is 1. The summed E-state index contributed by atoms with van der Waals surface area (Å²) in [6.45, 7) is 0.433. The molecule has 1 saturated heterocycles. The molecule has 1 atom stereocenters. The molecule has 3 N–H and O–H groups in total. The maximum Gasteiger partial charge on any atom is 0.245 e. The number of sulfonamides is 1. The van der Waals surface area contributed by atoms with Crippen LogP contribution in [0.15, 0.2) is 23.1 Å². The average Bonchev–Trinajstić information content (AvgIpc) is 2.76. The molecule has 0 bridgehead atoms. The molecule has 1 aromatic carbocycles. The Hall–Kier alpha value is -1.31. The van der Waals surface area contributed by atoms with Crippen molar-refractivity contribution in [2.45, 2.75) is 17.4 Å². The lowest BCUT2D eigenvalue weighted by Gasteiger charge is -2.17. The molecule has 6 nitrogen and oxygen atoms in total. The summed E-state index contributed by atoms with van der Waals surface area (Å²) in [7, 11) is -2.15. The van der Waals surface area contributed by atoms with Gasteiger partial charge in [-0.05, 0) is 18.6 Å². The zero-order chi connectivity index (χ0) is 13.3. The minimum Gasteiger partial charge on any atom is -0.497 e. The lowest BCUT2D eigenvalue weighted by Crippen LogP contribution is -2.30. The quantitative estimate of drug-likeness (QED) is 0.757. The number of hydrogen-bond acceptors (Lipinski definition) is 5. The standard InChI is InChI=1S/C11H16N2O4S/c1-17-9-2-3-11(10(12)6-9)18(15,16)13-5-4-8(14)7-13/h2-3,6,8,14H,4-5,7,12H2,1H3. The molecular formula is C11H16N2O4S. The Morgan fingerprint density at radius 2 is 2.22 bits per heavy atom. The van der Waals surface area contributed by atoms with Crippen LogP contribution < -0.4 is 10.5 Å². The maximum atomic E-state index is 12.3. The molecule has 1 unspecified atom stereocenters. The van der Waals surface area contributed by atoms with E-state index in [-0.39, 0.29) is 17.1 Å². The first-order valence-electron chi connectivity index (χ1n) is 5.57. The van der Waals surface area contributed by atoms with Gasteiger partial charge in [-0.15, -0.1) is 0 Å². The number of nitrogen functional groups attached to an aromatic ring is 1. The zero-order valence-electron chi connectivity index (χ0n) is 10.0. The Labute approximate surface area is 106 Å². The molecule has 18 heavy (non-hydrogen) atoms. The van der Waals surface area contributed by atoms with Gasteiger partial charge in [-0.1, -0.05) is 0 Å². The normalized spacial score (nSPS) is 21.1. The van der Waals surface area contributed by atoms with Crippen molar-refractivity contribution in [3.05, 3.63) is 18.2 Å². The molecule has 0 spiro atoms. The van der Waals surface area contributed by atoms with Crippen LogP contribution in [0, 0.1) is 0 Å². The summed E-state index contributed by atoms with van der Waals surface area (Å²) in [5.74, 6) is 0.507. The average molecular weight is 272 g/mol. The smallest absolute Gasteiger partial charge is 0.245 e. The monoisotopic (exact) mass is 272 g/mol. The van der Waals surface area contributed by atoms with Crippen molar-refractivity contribution in [2.75, 3.05) is 25.9 Å². The number of anilines is 1. The van der Waals surface area contributed by atoms with E-state index in [0.717, 1.165) is 0 Å². The van der Waals surface area contributed by atoms with E-state index in [1.54, 1.807) is 6.07 Å². The number of methoxy groups -OCH3 is 1. The van der Waals surface area contributed by atoms with Gasteiger partial charge in [0.25, 0.3) is 0 Å². The predicted octanol–water partition coefficient (Wildman–Crippen LogP) is 0.0327. The van der Waals surface area contributed by atoms with E-state index >= 15 is 0 Å². The molecule has 1 heterocycles. The molecule has 0 aromatic heterocycles. The van der Waals surface area contributed by atoms with Crippen LogP contribution in [-0.2, 0) is 10.0 Å².